The van der Waals surface area contributed by atoms with Crippen LogP contribution in [0.5, 0.6) is 0 Å². The van der Waals surface area contributed by atoms with E-state index in [4.69, 9.17) is 28.4 Å². The van der Waals surface area contributed by atoms with Gasteiger partial charge in [0.15, 0.2) is 0 Å². The highest BCUT2D eigenvalue weighted by atomic mass is 16.6. The Labute approximate surface area is 236 Å². The zero-order chi connectivity index (χ0) is 28.8. The number of likely N-dealkylation sites (tertiary alicyclic amines) is 1. The van der Waals surface area contributed by atoms with Gasteiger partial charge in [-0.3, -0.25) is 19.3 Å². The third-order valence-electron chi connectivity index (χ3n) is 12.0. The lowest BCUT2D eigenvalue weighted by Gasteiger charge is -2.69. The highest BCUT2D eigenvalue weighted by Crippen LogP contribution is 2.80. The number of carbonyl (C=O) groups is 3. The molecule has 5 aliphatic carbocycles. The smallest absolute Gasteiger partial charge is 0.303 e. The second-order valence-corrected chi connectivity index (χ2v) is 13.3. The van der Waals surface area contributed by atoms with Gasteiger partial charge in [0.2, 0.25) is 0 Å². The van der Waals surface area contributed by atoms with Crippen molar-refractivity contribution in [1.82, 2.24) is 4.90 Å². The number of carbonyl (C=O) groups excluding carboxylic acids is 3. The molecule has 10 heteroatoms. The maximum absolute atomic E-state index is 13.0. The lowest BCUT2D eigenvalue weighted by atomic mass is 9.43. The first-order valence-corrected chi connectivity index (χ1v) is 14.9. The van der Waals surface area contributed by atoms with Crippen molar-refractivity contribution in [3.63, 3.8) is 0 Å². The van der Waals surface area contributed by atoms with Gasteiger partial charge in [0.25, 0.3) is 0 Å². The maximum atomic E-state index is 13.0. The highest BCUT2D eigenvalue weighted by Gasteiger charge is 2.88. The summed E-state index contributed by atoms with van der Waals surface area (Å²) in [6.45, 7) is 8.77. The van der Waals surface area contributed by atoms with Gasteiger partial charge in [0.1, 0.15) is 17.8 Å². The lowest BCUT2D eigenvalue weighted by Crippen LogP contribution is -2.77. The van der Waals surface area contributed by atoms with Crippen LogP contribution in [0.25, 0.3) is 0 Å². The first-order valence-electron chi connectivity index (χ1n) is 14.9. The summed E-state index contributed by atoms with van der Waals surface area (Å²) in [4.78, 5) is 40.7. The summed E-state index contributed by atoms with van der Waals surface area (Å²) in [5, 5.41) is 0. The van der Waals surface area contributed by atoms with Crippen LogP contribution in [0.2, 0.25) is 0 Å². The molecule has 5 saturated carbocycles. The van der Waals surface area contributed by atoms with Crippen molar-refractivity contribution < 1.29 is 42.8 Å². The van der Waals surface area contributed by atoms with Crippen molar-refractivity contribution >= 4 is 17.9 Å². The summed E-state index contributed by atoms with van der Waals surface area (Å²) in [5.41, 5.74) is -1.67. The van der Waals surface area contributed by atoms with E-state index in [2.05, 4.69) is 11.8 Å². The Morgan fingerprint density at radius 1 is 0.925 bits per heavy atom. The Kier molecular flexibility index (Phi) is 6.84. The molecule has 0 amide bonds. The van der Waals surface area contributed by atoms with Gasteiger partial charge < -0.3 is 28.4 Å². The zero-order valence-electron chi connectivity index (χ0n) is 24.8. The van der Waals surface area contributed by atoms with Crippen LogP contribution < -0.4 is 0 Å². The molecule has 1 aliphatic heterocycles. The molecule has 0 aromatic carbocycles. The van der Waals surface area contributed by atoms with Gasteiger partial charge >= 0.3 is 17.9 Å². The standard InChI is InChI=1S/C30H45NO9/c1-8-31-13-28(14-35-5)10-9-21(38-15(2)32)30-19-11-18-20(36-6)12-29(40-17(4)34,22(19)24(18)39-16(3)33)23(27(30)31)25(37-7)26(28)30/h18-27H,8-14H2,1-7H3/t18-,19-,20+,21+,22-,23+,24+,25+,26-,27-,28+,29-,30+/m1/s1. The number of esters is 3. The number of fused-ring (bicyclic) bond motifs is 2. The van der Waals surface area contributed by atoms with Crippen LogP contribution in [0.1, 0.15) is 53.4 Å². The highest BCUT2D eigenvalue weighted by molar-refractivity contribution is 5.68. The minimum atomic E-state index is -0.963. The van der Waals surface area contributed by atoms with Gasteiger partial charge in [0, 0.05) is 95.6 Å². The number of piperidine rings is 1. The molecule has 0 N–H and O–H groups in total. The summed E-state index contributed by atoms with van der Waals surface area (Å²) < 4.78 is 37.6. The Morgan fingerprint density at radius 3 is 2.23 bits per heavy atom. The maximum Gasteiger partial charge on any atom is 0.303 e. The largest absolute Gasteiger partial charge is 0.462 e. The molecule has 40 heavy (non-hydrogen) atoms. The van der Waals surface area contributed by atoms with E-state index in [9.17, 15) is 14.4 Å². The summed E-state index contributed by atoms with van der Waals surface area (Å²) in [6.07, 6.45) is 1.50. The van der Waals surface area contributed by atoms with E-state index in [1.807, 2.05) is 0 Å². The van der Waals surface area contributed by atoms with Crippen LogP contribution in [0.4, 0.5) is 0 Å². The number of methoxy groups -OCH3 is 3. The fourth-order valence-electron chi connectivity index (χ4n) is 11.7. The van der Waals surface area contributed by atoms with Crippen LogP contribution >= 0.6 is 0 Å². The van der Waals surface area contributed by atoms with Crippen LogP contribution in [0.3, 0.4) is 0 Å². The Hall–Kier alpha value is -1.75. The first kappa shape index (κ1) is 28.4. The first-order chi connectivity index (χ1) is 19.1. The van der Waals surface area contributed by atoms with Gasteiger partial charge in [-0.1, -0.05) is 6.92 Å². The normalized spacial score (nSPS) is 49.9. The van der Waals surface area contributed by atoms with Gasteiger partial charge in [-0.05, 0) is 31.7 Å². The molecule has 0 radical (unpaired) electrons. The van der Waals surface area contributed by atoms with Crippen LogP contribution in [0.15, 0.2) is 0 Å². The van der Waals surface area contributed by atoms with Crippen molar-refractivity contribution in [2.24, 2.45) is 40.4 Å². The molecule has 7 bridgehead atoms. The molecular formula is C30H45NO9. The molecule has 10 nitrogen and oxygen atoms in total. The van der Waals surface area contributed by atoms with Gasteiger partial charge in [-0.15, -0.1) is 0 Å². The minimum Gasteiger partial charge on any atom is -0.462 e. The van der Waals surface area contributed by atoms with Crippen molar-refractivity contribution in [3.05, 3.63) is 0 Å². The number of hydrogen-bond donors (Lipinski definition) is 0. The number of rotatable bonds is 8. The van der Waals surface area contributed by atoms with Crippen LogP contribution in [-0.2, 0) is 42.8 Å². The quantitative estimate of drug-likeness (QED) is 0.322. The van der Waals surface area contributed by atoms with E-state index >= 15 is 0 Å². The molecule has 13 atom stereocenters. The van der Waals surface area contributed by atoms with E-state index < -0.39 is 17.1 Å². The van der Waals surface area contributed by atoms with E-state index in [1.54, 1.807) is 21.3 Å². The molecule has 1 spiro atoms. The van der Waals surface area contributed by atoms with E-state index in [0.29, 0.717) is 13.0 Å². The Morgan fingerprint density at radius 2 is 1.65 bits per heavy atom. The minimum absolute atomic E-state index is 0.0154. The SMILES string of the molecule is CCN1C[C@]2(COC)CC[C@H](OC(C)=O)[C@@]34[C@@H]5C[C@H]6[C@H](OC(C)=O)[C@@H]5[C@](OC(C)=O)(C[C@@H]6OC)[C@@H]([C@H](OC)[C@H]23)[C@@H]14. The second kappa shape index (κ2) is 9.64. The third-order valence-corrected chi connectivity index (χ3v) is 12.0. The molecular weight excluding hydrogens is 518 g/mol. The Bertz CT molecular complexity index is 1070. The van der Waals surface area contributed by atoms with Crippen LogP contribution in [0, 0.1) is 40.4 Å². The summed E-state index contributed by atoms with van der Waals surface area (Å²) in [5.74, 6) is -1.55. The van der Waals surface area contributed by atoms with Crippen molar-refractivity contribution in [3.8, 4) is 0 Å². The average Bonchev–Trinajstić information content (AvgIpc) is 3.30. The zero-order valence-corrected chi connectivity index (χ0v) is 24.8. The van der Waals surface area contributed by atoms with Crippen LogP contribution in [-0.4, -0.2) is 99.9 Å². The lowest BCUT2D eigenvalue weighted by molar-refractivity contribution is -0.280. The molecule has 1 saturated heterocycles. The molecule has 0 unspecified atom stereocenters. The topological polar surface area (TPSA) is 110 Å². The monoisotopic (exact) mass is 563 g/mol. The van der Waals surface area contributed by atoms with E-state index in [1.165, 1.54) is 20.8 Å². The molecule has 6 aliphatic rings. The average molecular weight is 564 g/mol. The van der Waals surface area contributed by atoms with E-state index in [0.717, 1.165) is 32.4 Å². The predicted molar refractivity (Wildman–Crippen MR) is 141 cm³/mol. The fraction of sp³-hybridized carbons (Fsp3) is 0.900. The molecule has 1 heterocycles. The Balaban J connectivity index is 1.67. The van der Waals surface area contributed by atoms with Gasteiger partial charge in [-0.25, -0.2) is 0 Å². The second-order valence-electron chi connectivity index (χ2n) is 13.3. The van der Waals surface area contributed by atoms with Gasteiger partial charge in [-0.2, -0.15) is 0 Å². The van der Waals surface area contributed by atoms with Crippen molar-refractivity contribution in [2.75, 3.05) is 41.0 Å². The summed E-state index contributed by atoms with van der Waals surface area (Å²) in [6, 6.07) is -0.0463. The predicted octanol–water partition coefficient (Wildman–Crippen LogP) is 2.21. The van der Waals surface area contributed by atoms with Gasteiger partial charge in [0.05, 0.1) is 18.8 Å². The molecule has 6 fully saturated rings. The fourth-order valence-corrected chi connectivity index (χ4v) is 11.7. The number of nitrogens with zero attached hydrogens (tertiary/aromatic N) is 1. The summed E-state index contributed by atoms with van der Waals surface area (Å²) >= 11 is 0. The summed E-state index contributed by atoms with van der Waals surface area (Å²) in [7, 11) is 5.20. The molecule has 0 aromatic rings. The molecule has 6 rings (SSSR count). The van der Waals surface area contributed by atoms with Crippen molar-refractivity contribution in [1.29, 1.82) is 0 Å². The van der Waals surface area contributed by atoms with E-state index in [-0.39, 0.29) is 77.3 Å². The molecule has 0 aromatic heterocycles. The number of hydrogen-bond acceptors (Lipinski definition) is 10. The number of ether oxygens (including phenoxy) is 6. The third kappa shape index (κ3) is 3.39. The van der Waals surface area contributed by atoms with Crippen molar-refractivity contribution in [2.45, 2.75) is 89.4 Å². The molecule has 224 valence electrons.